The molecule has 1 aliphatic heterocycles. The molecule has 0 aromatic rings. The summed E-state index contributed by atoms with van der Waals surface area (Å²) in [4.78, 5) is 0. The van der Waals surface area contributed by atoms with Crippen molar-refractivity contribution in [3.05, 3.63) is 0 Å². The Morgan fingerprint density at radius 1 is 1.31 bits per heavy atom. The third-order valence-electron chi connectivity index (χ3n) is 3.44. The fraction of sp³-hybridized carbons (Fsp3) is 1.00. The standard InChI is InChI=1S/C13H27NOS/c1-4-11(3)16-10-13(14-5-2)12-6-8-15-9-7-12/h11-14H,4-10H2,1-3H3. The molecule has 2 atom stereocenters. The number of thioether (sulfide) groups is 1. The molecule has 0 bridgehead atoms. The van der Waals surface area contributed by atoms with Crippen LogP contribution in [-0.4, -0.2) is 36.8 Å². The molecule has 0 spiro atoms. The van der Waals surface area contributed by atoms with Gasteiger partial charge < -0.3 is 10.1 Å². The van der Waals surface area contributed by atoms with Crippen LogP contribution >= 0.6 is 11.8 Å². The molecule has 1 N–H and O–H groups in total. The first kappa shape index (κ1) is 14.3. The van der Waals surface area contributed by atoms with Gasteiger partial charge >= 0.3 is 0 Å². The average molecular weight is 245 g/mol. The molecule has 1 rings (SSSR count). The number of rotatable bonds is 7. The first-order valence-corrected chi connectivity index (χ1v) is 7.75. The van der Waals surface area contributed by atoms with Gasteiger partial charge in [0.2, 0.25) is 0 Å². The molecule has 1 aliphatic rings. The summed E-state index contributed by atoms with van der Waals surface area (Å²) in [6, 6.07) is 0.688. The average Bonchev–Trinajstić information content (AvgIpc) is 2.35. The van der Waals surface area contributed by atoms with Crippen LogP contribution in [0.5, 0.6) is 0 Å². The normalized spacial score (nSPS) is 21.9. The third-order valence-corrected chi connectivity index (χ3v) is 4.89. The van der Waals surface area contributed by atoms with Crippen molar-refractivity contribution in [2.45, 2.75) is 51.3 Å². The van der Waals surface area contributed by atoms with Crippen molar-refractivity contribution in [1.82, 2.24) is 5.32 Å². The van der Waals surface area contributed by atoms with Gasteiger partial charge in [0.1, 0.15) is 0 Å². The van der Waals surface area contributed by atoms with Crippen LogP contribution in [-0.2, 0) is 4.74 Å². The van der Waals surface area contributed by atoms with E-state index in [2.05, 4.69) is 37.8 Å². The lowest BCUT2D eigenvalue weighted by atomic mass is 9.93. The minimum absolute atomic E-state index is 0.688. The first-order chi connectivity index (χ1) is 7.77. The monoisotopic (exact) mass is 245 g/mol. The highest BCUT2D eigenvalue weighted by molar-refractivity contribution is 7.99. The summed E-state index contributed by atoms with van der Waals surface area (Å²) in [7, 11) is 0. The molecule has 0 aromatic carbocycles. The zero-order chi connectivity index (χ0) is 11.8. The van der Waals surface area contributed by atoms with Gasteiger partial charge in [0.05, 0.1) is 0 Å². The molecular formula is C13H27NOS. The van der Waals surface area contributed by atoms with E-state index in [-0.39, 0.29) is 0 Å². The van der Waals surface area contributed by atoms with Crippen molar-refractivity contribution in [2.24, 2.45) is 5.92 Å². The third kappa shape index (κ3) is 5.07. The Morgan fingerprint density at radius 2 is 2.00 bits per heavy atom. The Balaban J connectivity index is 2.33. The molecule has 1 heterocycles. The lowest BCUT2D eigenvalue weighted by Crippen LogP contribution is -2.41. The Kier molecular flexibility index (Phi) is 7.50. The predicted molar refractivity (Wildman–Crippen MR) is 73.2 cm³/mol. The van der Waals surface area contributed by atoms with Gasteiger partial charge in [-0.15, -0.1) is 0 Å². The van der Waals surface area contributed by atoms with E-state index in [9.17, 15) is 0 Å². The molecule has 96 valence electrons. The highest BCUT2D eigenvalue weighted by Gasteiger charge is 2.23. The molecular weight excluding hydrogens is 218 g/mol. The van der Waals surface area contributed by atoms with Crippen LogP contribution < -0.4 is 5.32 Å². The first-order valence-electron chi connectivity index (χ1n) is 6.70. The lowest BCUT2D eigenvalue weighted by Gasteiger charge is -2.31. The second-order valence-corrected chi connectivity index (χ2v) is 6.14. The van der Waals surface area contributed by atoms with Gasteiger partial charge in [0, 0.05) is 30.3 Å². The van der Waals surface area contributed by atoms with Crippen LogP contribution in [0.2, 0.25) is 0 Å². The van der Waals surface area contributed by atoms with Gasteiger partial charge in [0.15, 0.2) is 0 Å². The van der Waals surface area contributed by atoms with Crippen molar-refractivity contribution in [2.75, 3.05) is 25.5 Å². The smallest absolute Gasteiger partial charge is 0.0469 e. The van der Waals surface area contributed by atoms with E-state index in [0.717, 1.165) is 30.9 Å². The van der Waals surface area contributed by atoms with E-state index in [0.29, 0.717) is 6.04 Å². The fourth-order valence-electron chi connectivity index (χ4n) is 2.13. The van der Waals surface area contributed by atoms with Crippen molar-refractivity contribution in [1.29, 1.82) is 0 Å². The van der Waals surface area contributed by atoms with Crippen LogP contribution in [0.15, 0.2) is 0 Å². The minimum Gasteiger partial charge on any atom is -0.381 e. The van der Waals surface area contributed by atoms with Crippen LogP contribution in [0.1, 0.15) is 40.0 Å². The Labute approximate surface area is 105 Å². The molecule has 1 fully saturated rings. The molecule has 2 nitrogen and oxygen atoms in total. The molecule has 3 heteroatoms. The summed E-state index contributed by atoms with van der Waals surface area (Å²) in [6.07, 6.45) is 3.74. The van der Waals surface area contributed by atoms with Crippen molar-refractivity contribution < 1.29 is 4.74 Å². The highest BCUT2D eigenvalue weighted by Crippen LogP contribution is 2.24. The maximum atomic E-state index is 5.44. The number of ether oxygens (including phenoxy) is 1. The van der Waals surface area contributed by atoms with E-state index >= 15 is 0 Å². The van der Waals surface area contributed by atoms with Crippen molar-refractivity contribution >= 4 is 11.8 Å². The lowest BCUT2D eigenvalue weighted by molar-refractivity contribution is 0.0568. The van der Waals surface area contributed by atoms with Gasteiger partial charge in [-0.2, -0.15) is 11.8 Å². The highest BCUT2D eigenvalue weighted by atomic mass is 32.2. The summed E-state index contributed by atoms with van der Waals surface area (Å²) in [6.45, 7) is 9.82. The van der Waals surface area contributed by atoms with E-state index in [1.807, 2.05) is 0 Å². The van der Waals surface area contributed by atoms with Gasteiger partial charge in [-0.3, -0.25) is 0 Å². The van der Waals surface area contributed by atoms with Crippen LogP contribution in [0.3, 0.4) is 0 Å². The molecule has 0 aromatic heterocycles. The van der Waals surface area contributed by atoms with E-state index in [1.54, 1.807) is 0 Å². The minimum atomic E-state index is 0.688. The molecule has 2 unspecified atom stereocenters. The molecule has 0 amide bonds. The topological polar surface area (TPSA) is 21.3 Å². The van der Waals surface area contributed by atoms with Crippen molar-refractivity contribution in [3.63, 3.8) is 0 Å². The Morgan fingerprint density at radius 3 is 2.56 bits per heavy atom. The molecule has 1 saturated heterocycles. The van der Waals surface area contributed by atoms with E-state index in [4.69, 9.17) is 4.74 Å². The SMILES string of the molecule is CCNC(CSC(C)CC)C1CCOCC1. The molecule has 16 heavy (non-hydrogen) atoms. The van der Waals surface area contributed by atoms with E-state index in [1.165, 1.54) is 25.0 Å². The fourth-order valence-corrected chi connectivity index (χ4v) is 3.29. The second-order valence-electron chi connectivity index (χ2n) is 4.67. The number of hydrogen-bond donors (Lipinski definition) is 1. The van der Waals surface area contributed by atoms with Crippen LogP contribution in [0, 0.1) is 5.92 Å². The van der Waals surface area contributed by atoms with Crippen molar-refractivity contribution in [3.8, 4) is 0 Å². The van der Waals surface area contributed by atoms with Crippen LogP contribution in [0.25, 0.3) is 0 Å². The number of nitrogens with one attached hydrogen (secondary N) is 1. The maximum Gasteiger partial charge on any atom is 0.0469 e. The summed E-state index contributed by atoms with van der Waals surface area (Å²) in [5.41, 5.74) is 0. The quantitative estimate of drug-likeness (QED) is 0.745. The van der Waals surface area contributed by atoms with Crippen LogP contribution in [0.4, 0.5) is 0 Å². The molecule has 0 aliphatic carbocycles. The summed E-state index contributed by atoms with van der Waals surface area (Å²) < 4.78 is 5.44. The zero-order valence-corrected chi connectivity index (χ0v) is 11.8. The second kappa shape index (κ2) is 8.37. The van der Waals surface area contributed by atoms with E-state index < -0.39 is 0 Å². The zero-order valence-electron chi connectivity index (χ0n) is 11.0. The Bertz CT molecular complexity index is 171. The van der Waals surface area contributed by atoms with Gasteiger partial charge in [-0.05, 0) is 31.7 Å². The molecule has 0 saturated carbocycles. The number of hydrogen-bond acceptors (Lipinski definition) is 3. The summed E-state index contributed by atoms with van der Waals surface area (Å²) in [5, 5.41) is 4.45. The summed E-state index contributed by atoms with van der Waals surface area (Å²) in [5.74, 6) is 2.08. The summed E-state index contributed by atoms with van der Waals surface area (Å²) >= 11 is 2.11. The maximum absolute atomic E-state index is 5.44. The van der Waals surface area contributed by atoms with Gasteiger partial charge in [-0.1, -0.05) is 20.8 Å². The Hall–Kier alpha value is 0.270. The van der Waals surface area contributed by atoms with Gasteiger partial charge in [0.25, 0.3) is 0 Å². The predicted octanol–water partition coefficient (Wildman–Crippen LogP) is 2.92. The molecule has 0 radical (unpaired) electrons. The van der Waals surface area contributed by atoms with Gasteiger partial charge in [-0.25, -0.2) is 0 Å². The largest absolute Gasteiger partial charge is 0.381 e.